The van der Waals surface area contributed by atoms with Crippen LogP contribution >= 0.6 is 22.7 Å². The first-order valence-electron chi connectivity index (χ1n) is 16.9. The first kappa shape index (κ1) is 26.8. The summed E-state index contributed by atoms with van der Waals surface area (Å²) in [5.41, 5.74) is 1.69. The van der Waals surface area contributed by atoms with Crippen molar-refractivity contribution >= 4 is 22.7 Å². The van der Waals surface area contributed by atoms with Gasteiger partial charge in [-0.15, -0.1) is 32.9 Å². The van der Waals surface area contributed by atoms with E-state index in [1.54, 1.807) is 22.7 Å². The van der Waals surface area contributed by atoms with Crippen molar-refractivity contribution in [1.29, 1.82) is 0 Å². The second-order valence-electron chi connectivity index (χ2n) is 15.4. The van der Waals surface area contributed by atoms with Crippen molar-refractivity contribution < 1.29 is 8.94 Å². The smallest absolute Gasteiger partial charge is 0.257 e. The van der Waals surface area contributed by atoms with Crippen LogP contribution in [-0.2, 0) is 13.1 Å². The summed E-state index contributed by atoms with van der Waals surface area (Å²) in [5, 5.41) is 23.1. The molecule has 0 aliphatic heterocycles. The molecular weight excluding hydrogens is 589 g/mol. The molecule has 12 rings (SSSR count). The van der Waals surface area contributed by atoms with Crippen molar-refractivity contribution in [3.8, 4) is 31.9 Å². The topological polar surface area (TPSA) is 102 Å². The number of aromatic nitrogens is 4. The van der Waals surface area contributed by atoms with Gasteiger partial charge in [0.1, 0.15) is 0 Å². The minimum Gasteiger partial charge on any atom is -0.419 e. The minimum absolute atomic E-state index is 0.282. The molecule has 230 valence electrons. The van der Waals surface area contributed by atoms with E-state index in [1.807, 2.05) is 0 Å². The molecule has 0 radical (unpaired) electrons. The minimum atomic E-state index is 0.282. The van der Waals surface area contributed by atoms with Crippen LogP contribution in [0.15, 0.2) is 32.5 Å². The lowest BCUT2D eigenvalue weighted by atomic mass is 9.53. The lowest BCUT2D eigenvalue weighted by Crippen LogP contribution is -2.58. The van der Waals surface area contributed by atoms with Crippen LogP contribution in [0.2, 0.25) is 0 Å². The molecule has 4 heterocycles. The SMILES string of the molecule is c1cc(-c2ccc(-c3nnc(CNC45CC6CC(CC(C6)C4)C5)o3)s2)c(-c2noc(CNC34CC5CC(CC(C5)C3)C4)n2)s1. The van der Waals surface area contributed by atoms with E-state index in [4.69, 9.17) is 13.9 Å². The maximum Gasteiger partial charge on any atom is 0.257 e. The summed E-state index contributed by atoms with van der Waals surface area (Å²) in [6, 6.07) is 6.37. The molecule has 8 nitrogen and oxygen atoms in total. The van der Waals surface area contributed by atoms with Crippen molar-refractivity contribution in [1.82, 2.24) is 31.0 Å². The molecule has 8 aliphatic carbocycles. The molecule has 0 spiro atoms. The zero-order valence-corrected chi connectivity index (χ0v) is 26.7. The van der Waals surface area contributed by atoms with Crippen molar-refractivity contribution in [2.24, 2.45) is 35.5 Å². The van der Waals surface area contributed by atoms with Gasteiger partial charge in [0, 0.05) is 21.5 Å². The van der Waals surface area contributed by atoms with Gasteiger partial charge in [0.05, 0.1) is 22.8 Å². The van der Waals surface area contributed by atoms with Gasteiger partial charge in [-0.05, 0) is 136 Å². The first-order valence-corrected chi connectivity index (χ1v) is 18.6. The van der Waals surface area contributed by atoms with E-state index in [-0.39, 0.29) is 11.1 Å². The van der Waals surface area contributed by atoms with Crippen LogP contribution in [-0.4, -0.2) is 31.4 Å². The lowest BCUT2D eigenvalue weighted by Gasteiger charge is -2.57. The van der Waals surface area contributed by atoms with Crippen molar-refractivity contribution in [2.75, 3.05) is 0 Å². The fourth-order valence-corrected chi connectivity index (χ4v) is 13.2. The summed E-state index contributed by atoms with van der Waals surface area (Å²) < 4.78 is 11.9. The van der Waals surface area contributed by atoms with E-state index >= 15 is 0 Å². The molecule has 0 aromatic carbocycles. The Morgan fingerprint density at radius 1 is 0.705 bits per heavy atom. The number of hydrogen-bond donors (Lipinski definition) is 2. The van der Waals surface area contributed by atoms with Gasteiger partial charge >= 0.3 is 0 Å². The molecule has 8 bridgehead atoms. The predicted molar refractivity (Wildman–Crippen MR) is 170 cm³/mol. The highest BCUT2D eigenvalue weighted by molar-refractivity contribution is 7.19. The van der Waals surface area contributed by atoms with Crippen LogP contribution in [0.25, 0.3) is 31.9 Å². The molecule has 10 heteroatoms. The van der Waals surface area contributed by atoms with Gasteiger partial charge in [0.2, 0.25) is 17.6 Å². The molecule has 4 aromatic heterocycles. The molecule has 8 aliphatic rings. The monoisotopic (exact) mass is 628 g/mol. The third kappa shape index (κ3) is 4.65. The molecule has 0 amide bonds. The average molecular weight is 629 g/mol. The summed E-state index contributed by atoms with van der Waals surface area (Å²) in [5.74, 6) is 8.13. The van der Waals surface area contributed by atoms with Gasteiger partial charge < -0.3 is 19.6 Å². The van der Waals surface area contributed by atoms with Crippen LogP contribution < -0.4 is 10.6 Å². The van der Waals surface area contributed by atoms with Crippen LogP contribution in [0.3, 0.4) is 0 Å². The molecule has 0 unspecified atom stereocenters. The van der Waals surface area contributed by atoms with Crippen LogP contribution in [0.4, 0.5) is 0 Å². The third-order valence-electron chi connectivity index (χ3n) is 12.2. The summed E-state index contributed by atoms with van der Waals surface area (Å²) >= 11 is 3.33. The summed E-state index contributed by atoms with van der Waals surface area (Å²) in [6.45, 7) is 1.31. The zero-order chi connectivity index (χ0) is 28.9. The van der Waals surface area contributed by atoms with Crippen molar-refractivity contribution in [2.45, 2.75) is 101 Å². The zero-order valence-electron chi connectivity index (χ0n) is 25.1. The molecule has 44 heavy (non-hydrogen) atoms. The second kappa shape index (κ2) is 10.0. The number of thiophene rings is 2. The fraction of sp³-hybridized carbons (Fsp3) is 0.647. The van der Waals surface area contributed by atoms with Gasteiger partial charge in [-0.1, -0.05) is 5.16 Å². The van der Waals surface area contributed by atoms with E-state index in [2.05, 4.69) is 49.6 Å². The molecular formula is C34H40N6O2S2. The van der Waals surface area contributed by atoms with Crippen molar-refractivity contribution in [3.05, 3.63) is 35.4 Å². The van der Waals surface area contributed by atoms with Crippen LogP contribution in [0.5, 0.6) is 0 Å². The Balaban J connectivity index is 0.812. The Morgan fingerprint density at radius 3 is 1.89 bits per heavy atom. The van der Waals surface area contributed by atoms with E-state index in [1.165, 1.54) is 77.0 Å². The number of rotatable bonds is 9. The molecule has 4 aromatic rings. The third-order valence-corrected chi connectivity index (χ3v) is 14.2. The van der Waals surface area contributed by atoms with Gasteiger partial charge in [0.15, 0.2) is 0 Å². The van der Waals surface area contributed by atoms with Gasteiger partial charge in [-0.25, -0.2) is 0 Å². The highest BCUT2D eigenvalue weighted by Gasteiger charge is 2.51. The average Bonchev–Trinajstić information content (AvgIpc) is 3.80. The lowest BCUT2D eigenvalue weighted by molar-refractivity contribution is -0.0217. The van der Waals surface area contributed by atoms with E-state index < -0.39 is 0 Å². The standard InChI is InChI=1S/C34H40N6O2S2/c1-2-27(32-39-38-29(41-32)18-36-34-14-22-8-23(15-34)10-24(9-22)16-34)44-26(1)25-3-4-43-30(25)31-37-28(42-40-31)17-35-33-11-19-5-20(12-33)7-21(6-19)13-33/h1-4,19-24,35-36H,5-18H2. The van der Waals surface area contributed by atoms with E-state index in [0.29, 0.717) is 36.6 Å². The number of hydrogen-bond acceptors (Lipinski definition) is 10. The van der Waals surface area contributed by atoms with Crippen LogP contribution in [0.1, 0.15) is 88.8 Å². The summed E-state index contributed by atoms with van der Waals surface area (Å²) in [7, 11) is 0. The second-order valence-corrected chi connectivity index (χ2v) is 17.4. The maximum absolute atomic E-state index is 6.18. The largest absolute Gasteiger partial charge is 0.419 e. The Labute approximate surface area is 265 Å². The van der Waals surface area contributed by atoms with Crippen molar-refractivity contribution in [3.63, 3.8) is 0 Å². The first-order chi connectivity index (χ1) is 21.5. The van der Waals surface area contributed by atoms with Gasteiger partial charge in [-0.3, -0.25) is 0 Å². The highest BCUT2D eigenvalue weighted by atomic mass is 32.1. The Kier molecular flexibility index (Phi) is 6.12. The maximum atomic E-state index is 6.18. The molecule has 2 N–H and O–H groups in total. The van der Waals surface area contributed by atoms with E-state index in [0.717, 1.165) is 55.7 Å². The Morgan fingerprint density at radius 2 is 1.27 bits per heavy atom. The summed E-state index contributed by atoms with van der Waals surface area (Å²) in [4.78, 5) is 8.00. The number of nitrogens with one attached hydrogen (secondary N) is 2. The van der Waals surface area contributed by atoms with Gasteiger partial charge in [-0.2, -0.15) is 4.98 Å². The molecule has 0 saturated heterocycles. The summed E-state index contributed by atoms with van der Waals surface area (Å²) in [6.07, 6.45) is 16.6. The fourth-order valence-electron chi connectivity index (χ4n) is 11.3. The normalized spacial score (nSPS) is 36.5. The Hall–Kier alpha value is -2.40. The van der Waals surface area contributed by atoms with E-state index in [9.17, 15) is 0 Å². The highest BCUT2D eigenvalue weighted by Crippen LogP contribution is 2.57. The molecule has 8 fully saturated rings. The predicted octanol–water partition coefficient (Wildman–Crippen LogP) is 7.69. The molecule has 8 saturated carbocycles. The molecule has 0 atom stereocenters. The quantitative estimate of drug-likeness (QED) is 0.195. The number of nitrogens with zero attached hydrogens (tertiary/aromatic N) is 4. The van der Waals surface area contributed by atoms with Gasteiger partial charge in [0.25, 0.3) is 5.89 Å². The Bertz CT molecular complexity index is 1610. The van der Waals surface area contributed by atoms with Crippen LogP contribution in [0, 0.1) is 35.5 Å².